The maximum absolute atomic E-state index is 11.8. The number of carbonyl (C=O) groups excluding carboxylic acids is 2. The summed E-state index contributed by atoms with van der Waals surface area (Å²) in [5, 5.41) is -0.110. The number of hydrogen-bond acceptors (Lipinski definition) is 3. The highest BCUT2D eigenvalue weighted by Gasteiger charge is 2.33. The summed E-state index contributed by atoms with van der Waals surface area (Å²) in [4.78, 5) is 24.0. The van der Waals surface area contributed by atoms with Crippen LogP contribution in [0.3, 0.4) is 0 Å². The van der Waals surface area contributed by atoms with Crippen LogP contribution in [0.4, 0.5) is 0 Å². The molecule has 0 saturated heterocycles. The van der Waals surface area contributed by atoms with Crippen LogP contribution in [0.2, 0.25) is 0 Å². The van der Waals surface area contributed by atoms with Crippen molar-refractivity contribution >= 4 is 22.7 Å². The molecule has 0 heterocycles. The molecule has 80 valence electrons. The molecule has 2 nitrogen and oxygen atoms in total. The average molecular weight is 222 g/mol. The van der Waals surface area contributed by atoms with Crippen molar-refractivity contribution in [2.75, 3.05) is 0 Å². The first-order valence-corrected chi connectivity index (χ1v) is 5.54. The molecule has 0 unspecified atom stereocenters. The van der Waals surface area contributed by atoms with E-state index in [1.807, 2.05) is 30.3 Å². The Balaban J connectivity index is 2.77. The van der Waals surface area contributed by atoms with Gasteiger partial charge in [0, 0.05) is 4.90 Å². The Kier molecular flexibility index (Phi) is 3.69. The number of rotatable bonds is 3. The summed E-state index contributed by atoms with van der Waals surface area (Å²) in [6.07, 6.45) is 0. The summed E-state index contributed by atoms with van der Waals surface area (Å²) in [5.74, 6) is -0.101. The molecule has 1 rings (SSSR count). The van der Waals surface area contributed by atoms with E-state index < -0.39 is 5.41 Å². The van der Waals surface area contributed by atoms with Gasteiger partial charge in [0.1, 0.15) is 5.78 Å². The Morgan fingerprint density at radius 3 is 2.13 bits per heavy atom. The van der Waals surface area contributed by atoms with Gasteiger partial charge in [-0.15, -0.1) is 0 Å². The molecule has 0 aliphatic carbocycles. The van der Waals surface area contributed by atoms with E-state index >= 15 is 0 Å². The van der Waals surface area contributed by atoms with E-state index in [4.69, 9.17) is 0 Å². The molecular weight excluding hydrogens is 208 g/mol. The zero-order chi connectivity index (χ0) is 11.5. The van der Waals surface area contributed by atoms with Crippen LogP contribution in [0, 0.1) is 5.41 Å². The molecule has 0 aromatic heterocycles. The molecular formula is C12H14O2S. The normalized spacial score (nSPS) is 11.1. The lowest BCUT2D eigenvalue weighted by atomic mass is 9.91. The lowest BCUT2D eigenvalue weighted by Gasteiger charge is -2.18. The molecule has 0 bridgehead atoms. The molecule has 0 atom stereocenters. The van der Waals surface area contributed by atoms with Gasteiger partial charge in [-0.1, -0.05) is 30.0 Å². The maximum atomic E-state index is 11.8. The Morgan fingerprint density at radius 2 is 1.67 bits per heavy atom. The SMILES string of the molecule is CC(=O)C(C)(C)C(=O)Sc1ccccc1. The average Bonchev–Trinajstić information content (AvgIpc) is 2.18. The predicted octanol–water partition coefficient (Wildman–Crippen LogP) is 2.92. The van der Waals surface area contributed by atoms with Gasteiger partial charge in [0.25, 0.3) is 0 Å². The van der Waals surface area contributed by atoms with E-state index in [0.717, 1.165) is 16.7 Å². The van der Waals surface area contributed by atoms with E-state index in [1.165, 1.54) is 6.92 Å². The molecule has 0 amide bonds. The fourth-order valence-corrected chi connectivity index (χ4v) is 1.77. The van der Waals surface area contributed by atoms with E-state index in [0.29, 0.717) is 0 Å². The molecule has 3 heteroatoms. The van der Waals surface area contributed by atoms with Crippen LogP contribution in [-0.2, 0) is 9.59 Å². The summed E-state index contributed by atoms with van der Waals surface area (Å²) < 4.78 is 0. The first-order valence-electron chi connectivity index (χ1n) is 4.73. The number of ketones is 1. The van der Waals surface area contributed by atoms with Crippen molar-refractivity contribution in [1.29, 1.82) is 0 Å². The van der Waals surface area contributed by atoms with Crippen LogP contribution < -0.4 is 0 Å². The second-order valence-electron chi connectivity index (χ2n) is 3.88. The van der Waals surface area contributed by atoms with E-state index in [-0.39, 0.29) is 10.9 Å². The second kappa shape index (κ2) is 4.62. The van der Waals surface area contributed by atoms with Gasteiger partial charge in [0.2, 0.25) is 5.12 Å². The van der Waals surface area contributed by atoms with E-state index in [2.05, 4.69) is 0 Å². The predicted molar refractivity (Wildman–Crippen MR) is 61.8 cm³/mol. The Morgan fingerprint density at radius 1 is 1.13 bits per heavy atom. The smallest absolute Gasteiger partial charge is 0.206 e. The molecule has 1 aromatic rings. The standard InChI is InChI=1S/C12H14O2S/c1-9(13)12(2,3)11(14)15-10-7-5-4-6-8-10/h4-8H,1-3H3. The highest BCUT2D eigenvalue weighted by molar-refractivity contribution is 8.13. The quantitative estimate of drug-likeness (QED) is 0.582. The van der Waals surface area contributed by atoms with Crippen molar-refractivity contribution in [2.45, 2.75) is 25.7 Å². The van der Waals surface area contributed by atoms with Crippen LogP contribution in [0.5, 0.6) is 0 Å². The molecule has 0 aliphatic rings. The third kappa shape index (κ3) is 2.93. The summed E-state index contributed by atoms with van der Waals surface area (Å²) in [7, 11) is 0. The minimum atomic E-state index is -0.902. The first kappa shape index (κ1) is 12.0. The topological polar surface area (TPSA) is 34.1 Å². The van der Waals surface area contributed by atoms with Gasteiger partial charge in [-0.05, 0) is 32.9 Å². The van der Waals surface area contributed by atoms with Crippen LogP contribution >= 0.6 is 11.8 Å². The van der Waals surface area contributed by atoms with Gasteiger partial charge >= 0.3 is 0 Å². The van der Waals surface area contributed by atoms with Crippen molar-refractivity contribution in [3.63, 3.8) is 0 Å². The van der Waals surface area contributed by atoms with Gasteiger partial charge in [-0.2, -0.15) is 0 Å². The largest absolute Gasteiger partial charge is 0.299 e. The molecule has 0 fully saturated rings. The van der Waals surface area contributed by atoms with Crippen molar-refractivity contribution in [3.05, 3.63) is 30.3 Å². The fraction of sp³-hybridized carbons (Fsp3) is 0.333. The van der Waals surface area contributed by atoms with E-state index in [1.54, 1.807) is 13.8 Å². The highest BCUT2D eigenvalue weighted by atomic mass is 32.2. The highest BCUT2D eigenvalue weighted by Crippen LogP contribution is 2.29. The van der Waals surface area contributed by atoms with Crippen molar-refractivity contribution in [2.24, 2.45) is 5.41 Å². The Bertz CT molecular complexity index is 368. The second-order valence-corrected chi connectivity index (χ2v) is 4.93. The summed E-state index contributed by atoms with van der Waals surface area (Å²) >= 11 is 1.12. The number of hydrogen-bond donors (Lipinski definition) is 0. The van der Waals surface area contributed by atoms with Gasteiger partial charge in [0.05, 0.1) is 5.41 Å². The van der Waals surface area contributed by atoms with E-state index in [9.17, 15) is 9.59 Å². The van der Waals surface area contributed by atoms with Gasteiger partial charge in [-0.25, -0.2) is 0 Å². The van der Waals surface area contributed by atoms with Crippen molar-refractivity contribution < 1.29 is 9.59 Å². The molecule has 0 radical (unpaired) electrons. The lowest BCUT2D eigenvalue weighted by Crippen LogP contribution is -2.29. The summed E-state index contributed by atoms with van der Waals surface area (Å²) in [6, 6.07) is 9.36. The molecule has 0 spiro atoms. The van der Waals surface area contributed by atoms with Gasteiger partial charge < -0.3 is 0 Å². The number of carbonyl (C=O) groups is 2. The zero-order valence-corrected chi connectivity index (χ0v) is 9.93. The Hall–Kier alpha value is -1.09. The van der Waals surface area contributed by atoms with Crippen LogP contribution in [-0.4, -0.2) is 10.9 Å². The monoisotopic (exact) mass is 222 g/mol. The van der Waals surface area contributed by atoms with Crippen molar-refractivity contribution in [3.8, 4) is 0 Å². The van der Waals surface area contributed by atoms with Gasteiger partial charge in [0.15, 0.2) is 0 Å². The van der Waals surface area contributed by atoms with Crippen LogP contribution in [0.15, 0.2) is 35.2 Å². The number of thioether (sulfide) groups is 1. The molecule has 1 aromatic carbocycles. The molecule has 0 aliphatic heterocycles. The number of Topliss-reactive ketones (excluding diaryl/α,β-unsaturated/α-hetero) is 1. The zero-order valence-electron chi connectivity index (χ0n) is 9.11. The molecule has 0 N–H and O–H groups in total. The maximum Gasteiger partial charge on any atom is 0.206 e. The molecule has 15 heavy (non-hydrogen) atoms. The third-order valence-corrected chi connectivity index (χ3v) is 3.55. The van der Waals surface area contributed by atoms with Crippen molar-refractivity contribution in [1.82, 2.24) is 0 Å². The van der Waals surface area contributed by atoms with Gasteiger partial charge in [-0.3, -0.25) is 9.59 Å². The van der Waals surface area contributed by atoms with Crippen LogP contribution in [0.25, 0.3) is 0 Å². The summed E-state index contributed by atoms with van der Waals surface area (Å²) in [6.45, 7) is 4.77. The Labute approximate surface area is 94.1 Å². The van der Waals surface area contributed by atoms with Crippen LogP contribution in [0.1, 0.15) is 20.8 Å². The number of benzene rings is 1. The fourth-order valence-electron chi connectivity index (χ4n) is 0.867. The first-order chi connectivity index (χ1) is 6.94. The third-order valence-electron chi connectivity index (χ3n) is 2.34. The molecule has 0 saturated carbocycles. The minimum Gasteiger partial charge on any atom is -0.299 e. The summed E-state index contributed by atoms with van der Waals surface area (Å²) in [5.41, 5.74) is -0.902. The minimum absolute atomic E-state index is 0.101. The lowest BCUT2D eigenvalue weighted by molar-refractivity contribution is -0.132.